The van der Waals surface area contributed by atoms with E-state index in [1.54, 1.807) is 47.8 Å². The predicted octanol–water partition coefficient (Wildman–Crippen LogP) is 2.78. The van der Waals surface area contributed by atoms with Crippen molar-refractivity contribution in [1.82, 2.24) is 10.3 Å². The standard InChI is InChI=1S/C19H17N3O5S3/c23-19(20-22-29(24,25)14-12-15-7-2-1-3-8-15)16-9-4-5-10-17(16)21-30(26,27)18-11-6-13-28-18/h1-14,21-22H,(H,20,23)/b14-12+. The third kappa shape index (κ3) is 5.76. The zero-order valence-corrected chi connectivity index (χ0v) is 17.8. The highest BCUT2D eigenvalue weighted by Gasteiger charge is 2.20. The number of hydrogen-bond acceptors (Lipinski definition) is 6. The molecule has 0 bridgehead atoms. The molecule has 0 saturated carbocycles. The molecule has 3 aromatic rings. The summed E-state index contributed by atoms with van der Waals surface area (Å²) < 4.78 is 51.4. The first-order valence-electron chi connectivity index (χ1n) is 8.47. The zero-order chi connectivity index (χ0) is 21.6. The molecular formula is C19H17N3O5S3. The maximum Gasteiger partial charge on any atom is 0.271 e. The van der Waals surface area contributed by atoms with Crippen LogP contribution in [0, 0.1) is 0 Å². The zero-order valence-electron chi connectivity index (χ0n) is 15.3. The van der Waals surface area contributed by atoms with Gasteiger partial charge in [-0.2, -0.15) is 0 Å². The third-order valence-corrected chi connectivity index (χ3v) is 7.37. The van der Waals surface area contributed by atoms with Crippen molar-refractivity contribution in [2.75, 3.05) is 4.72 Å². The minimum atomic E-state index is -3.97. The highest BCUT2D eigenvalue weighted by molar-refractivity contribution is 7.94. The van der Waals surface area contributed by atoms with Crippen LogP contribution in [0.2, 0.25) is 0 Å². The summed E-state index contributed by atoms with van der Waals surface area (Å²) in [5, 5.41) is 2.53. The molecule has 1 amide bonds. The molecule has 0 saturated heterocycles. The molecule has 3 rings (SSSR count). The predicted molar refractivity (Wildman–Crippen MR) is 117 cm³/mol. The Morgan fingerprint density at radius 2 is 1.57 bits per heavy atom. The number of anilines is 1. The fourth-order valence-corrected chi connectivity index (χ4v) is 5.04. The topological polar surface area (TPSA) is 121 Å². The van der Waals surface area contributed by atoms with E-state index >= 15 is 0 Å². The summed E-state index contributed by atoms with van der Waals surface area (Å²) >= 11 is 1.03. The fraction of sp³-hybridized carbons (Fsp3) is 0. The first kappa shape index (κ1) is 21.7. The van der Waals surface area contributed by atoms with Gasteiger partial charge in [-0.15, -0.1) is 16.2 Å². The van der Waals surface area contributed by atoms with Gasteiger partial charge in [-0.05, 0) is 35.2 Å². The van der Waals surface area contributed by atoms with Gasteiger partial charge >= 0.3 is 0 Å². The Balaban J connectivity index is 1.71. The molecule has 0 radical (unpaired) electrons. The second-order valence-electron chi connectivity index (χ2n) is 5.90. The summed E-state index contributed by atoms with van der Waals surface area (Å²) in [5.74, 6) is -0.823. The number of carbonyl (C=O) groups is 1. The molecule has 0 aliphatic heterocycles. The number of thiophene rings is 1. The Morgan fingerprint density at radius 1 is 0.867 bits per heavy atom. The van der Waals surface area contributed by atoms with Crippen LogP contribution in [0.5, 0.6) is 0 Å². The van der Waals surface area contributed by atoms with Crippen molar-refractivity contribution in [3.8, 4) is 0 Å². The number of carbonyl (C=O) groups excluding carboxylic acids is 1. The van der Waals surface area contributed by atoms with Crippen molar-refractivity contribution in [2.45, 2.75) is 4.21 Å². The van der Waals surface area contributed by atoms with Gasteiger partial charge in [-0.1, -0.05) is 48.5 Å². The summed E-state index contributed by atoms with van der Waals surface area (Å²) in [5.41, 5.74) is 2.71. The molecule has 1 heterocycles. The van der Waals surface area contributed by atoms with Crippen LogP contribution < -0.4 is 15.0 Å². The van der Waals surface area contributed by atoms with E-state index in [0.29, 0.717) is 5.56 Å². The van der Waals surface area contributed by atoms with E-state index in [1.807, 2.05) is 4.83 Å². The van der Waals surface area contributed by atoms with E-state index in [1.165, 1.54) is 30.3 Å². The molecule has 156 valence electrons. The Kier molecular flexibility index (Phi) is 6.67. The van der Waals surface area contributed by atoms with Crippen molar-refractivity contribution < 1.29 is 21.6 Å². The lowest BCUT2D eigenvalue weighted by atomic mass is 10.2. The van der Waals surface area contributed by atoms with E-state index in [-0.39, 0.29) is 15.5 Å². The highest BCUT2D eigenvalue weighted by Crippen LogP contribution is 2.22. The van der Waals surface area contributed by atoms with E-state index in [4.69, 9.17) is 0 Å². The van der Waals surface area contributed by atoms with Gasteiger partial charge in [-0.3, -0.25) is 14.9 Å². The Morgan fingerprint density at radius 3 is 2.27 bits per heavy atom. The second-order valence-corrected chi connectivity index (χ2v) is 10.3. The van der Waals surface area contributed by atoms with Crippen LogP contribution in [0.4, 0.5) is 5.69 Å². The average molecular weight is 464 g/mol. The average Bonchev–Trinajstić information content (AvgIpc) is 3.28. The third-order valence-electron chi connectivity index (χ3n) is 3.72. The SMILES string of the molecule is O=C(NNS(=O)(=O)/C=C/c1ccccc1)c1ccccc1NS(=O)(=O)c1cccs1. The van der Waals surface area contributed by atoms with E-state index in [9.17, 15) is 21.6 Å². The van der Waals surface area contributed by atoms with E-state index in [2.05, 4.69) is 10.1 Å². The Hall–Kier alpha value is -2.99. The van der Waals surface area contributed by atoms with Gasteiger partial charge < -0.3 is 0 Å². The van der Waals surface area contributed by atoms with Gasteiger partial charge in [0.15, 0.2) is 0 Å². The molecule has 0 spiro atoms. The van der Waals surface area contributed by atoms with Crippen LogP contribution in [-0.2, 0) is 20.0 Å². The van der Waals surface area contributed by atoms with Crippen molar-refractivity contribution in [3.63, 3.8) is 0 Å². The molecule has 0 fully saturated rings. The number of amides is 1. The minimum Gasteiger partial charge on any atom is -0.278 e. The number of sulfonamides is 2. The fourth-order valence-electron chi connectivity index (χ4n) is 2.33. The van der Waals surface area contributed by atoms with Gasteiger partial charge in [0.1, 0.15) is 4.21 Å². The molecule has 0 atom stereocenters. The number of rotatable bonds is 8. The number of hydrazine groups is 1. The summed E-state index contributed by atoms with van der Waals surface area (Å²) in [6, 6.07) is 17.6. The summed E-state index contributed by atoms with van der Waals surface area (Å²) in [4.78, 5) is 14.4. The molecule has 2 aromatic carbocycles. The maximum atomic E-state index is 12.5. The highest BCUT2D eigenvalue weighted by atomic mass is 32.2. The molecule has 0 unspecified atom stereocenters. The van der Waals surface area contributed by atoms with Crippen LogP contribution >= 0.6 is 11.3 Å². The van der Waals surface area contributed by atoms with Crippen LogP contribution in [-0.4, -0.2) is 22.7 Å². The van der Waals surface area contributed by atoms with Gasteiger partial charge in [0.05, 0.1) is 11.3 Å². The summed E-state index contributed by atoms with van der Waals surface area (Å²) in [6.07, 6.45) is 1.37. The van der Waals surface area contributed by atoms with Crippen LogP contribution in [0.25, 0.3) is 6.08 Å². The number of para-hydroxylation sites is 1. The van der Waals surface area contributed by atoms with Crippen molar-refractivity contribution in [1.29, 1.82) is 0 Å². The first-order chi connectivity index (χ1) is 14.3. The molecule has 30 heavy (non-hydrogen) atoms. The van der Waals surface area contributed by atoms with Crippen molar-refractivity contribution in [3.05, 3.63) is 88.6 Å². The minimum absolute atomic E-state index is 0.0161. The van der Waals surface area contributed by atoms with Crippen molar-refractivity contribution in [2.24, 2.45) is 0 Å². The van der Waals surface area contributed by atoms with Crippen LogP contribution in [0.3, 0.4) is 0 Å². The maximum absolute atomic E-state index is 12.5. The van der Waals surface area contributed by atoms with Gasteiger partial charge in [0, 0.05) is 5.41 Å². The lowest BCUT2D eigenvalue weighted by Gasteiger charge is -2.12. The number of benzene rings is 2. The van der Waals surface area contributed by atoms with Crippen LogP contribution in [0.1, 0.15) is 15.9 Å². The van der Waals surface area contributed by atoms with E-state index < -0.39 is 26.0 Å². The molecule has 8 nitrogen and oxygen atoms in total. The lowest BCUT2D eigenvalue weighted by molar-refractivity contribution is 0.0946. The number of nitrogens with one attached hydrogen (secondary N) is 3. The Bertz CT molecular complexity index is 1250. The molecule has 3 N–H and O–H groups in total. The number of hydrogen-bond donors (Lipinski definition) is 3. The molecule has 0 aliphatic rings. The van der Waals surface area contributed by atoms with Gasteiger partial charge in [0.25, 0.3) is 26.0 Å². The first-order valence-corrected chi connectivity index (χ1v) is 12.4. The quantitative estimate of drug-likeness (QED) is 0.444. The lowest BCUT2D eigenvalue weighted by Crippen LogP contribution is -2.40. The molecule has 11 heteroatoms. The van der Waals surface area contributed by atoms with Crippen molar-refractivity contribution >= 4 is 49.1 Å². The smallest absolute Gasteiger partial charge is 0.271 e. The Labute approximate surface area is 178 Å². The van der Waals surface area contributed by atoms with Gasteiger partial charge in [0.2, 0.25) is 0 Å². The largest absolute Gasteiger partial charge is 0.278 e. The van der Waals surface area contributed by atoms with Gasteiger partial charge in [-0.25, -0.2) is 16.8 Å². The summed E-state index contributed by atoms with van der Waals surface area (Å²) in [7, 11) is -7.84. The molecule has 0 aliphatic carbocycles. The second kappa shape index (κ2) is 9.22. The normalized spacial score (nSPS) is 12.0. The summed E-state index contributed by atoms with van der Waals surface area (Å²) in [6.45, 7) is 0. The van der Waals surface area contributed by atoms with Crippen LogP contribution in [0.15, 0.2) is 81.7 Å². The monoisotopic (exact) mass is 463 g/mol. The van der Waals surface area contributed by atoms with E-state index in [0.717, 1.165) is 16.7 Å². The molecular weight excluding hydrogens is 446 g/mol. The molecule has 1 aromatic heterocycles.